The summed E-state index contributed by atoms with van der Waals surface area (Å²) >= 11 is 0. The number of rotatable bonds is 5. The van der Waals surface area contributed by atoms with Crippen LogP contribution < -0.4 is 5.32 Å². The second-order valence-corrected chi connectivity index (χ2v) is 5.80. The van der Waals surface area contributed by atoms with E-state index >= 15 is 0 Å². The standard InChI is InChI=1S/C15H21N3O2/c1-4-20-13-7-15(19,14(13,2)3)10-18-12-6-5-11(8-16)17-9-12/h5-6,9,13,18-19H,4,7,10H2,1-3H3. The van der Waals surface area contributed by atoms with Crippen molar-refractivity contribution in [2.75, 3.05) is 18.5 Å². The third kappa shape index (κ3) is 2.49. The average Bonchev–Trinajstić information content (AvgIpc) is 2.45. The molecule has 108 valence electrons. The zero-order valence-electron chi connectivity index (χ0n) is 12.2. The van der Waals surface area contributed by atoms with Crippen LogP contribution in [0, 0.1) is 16.7 Å². The zero-order valence-corrected chi connectivity index (χ0v) is 12.2. The summed E-state index contributed by atoms with van der Waals surface area (Å²) in [6.07, 6.45) is 2.33. The number of nitrogens with one attached hydrogen (secondary N) is 1. The van der Waals surface area contributed by atoms with E-state index in [1.807, 2.05) is 26.8 Å². The van der Waals surface area contributed by atoms with Crippen LogP contribution in [0.15, 0.2) is 18.3 Å². The molecule has 2 atom stereocenters. The molecule has 2 N–H and O–H groups in total. The summed E-state index contributed by atoms with van der Waals surface area (Å²) in [5.74, 6) is 0. The van der Waals surface area contributed by atoms with Gasteiger partial charge in [0.1, 0.15) is 11.8 Å². The topological polar surface area (TPSA) is 78.2 Å². The van der Waals surface area contributed by atoms with Crippen LogP contribution in [0.5, 0.6) is 0 Å². The number of hydrogen-bond acceptors (Lipinski definition) is 5. The average molecular weight is 275 g/mol. The van der Waals surface area contributed by atoms with E-state index in [4.69, 9.17) is 10.00 Å². The van der Waals surface area contributed by atoms with Crippen LogP contribution in [-0.4, -0.2) is 34.9 Å². The van der Waals surface area contributed by atoms with Crippen LogP contribution in [-0.2, 0) is 4.74 Å². The molecule has 20 heavy (non-hydrogen) atoms. The summed E-state index contributed by atoms with van der Waals surface area (Å²) < 4.78 is 5.63. The normalized spacial score (nSPS) is 27.4. The summed E-state index contributed by atoms with van der Waals surface area (Å²) in [6, 6.07) is 5.42. The second-order valence-electron chi connectivity index (χ2n) is 5.80. The Morgan fingerprint density at radius 3 is 2.80 bits per heavy atom. The molecule has 0 amide bonds. The summed E-state index contributed by atoms with van der Waals surface area (Å²) in [7, 11) is 0. The fourth-order valence-corrected chi connectivity index (χ4v) is 2.57. The summed E-state index contributed by atoms with van der Waals surface area (Å²) in [5.41, 5.74) is 0.110. The molecule has 0 spiro atoms. The molecule has 1 aliphatic rings. The zero-order chi connectivity index (χ0) is 14.8. The Labute approximate surface area is 119 Å². The Hall–Kier alpha value is -1.64. The number of aliphatic hydroxyl groups is 1. The molecule has 1 aromatic heterocycles. The van der Waals surface area contributed by atoms with Crippen molar-refractivity contribution in [3.8, 4) is 6.07 Å². The van der Waals surface area contributed by atoms with Crippen molar-refractivity contribution in [1.82, 2.24) is 4.98 Å². The first-order valence-electron chi connectivity index (χ1n) is 6.87. The molecule has 0 saturated heterocycles. The Kier molecular flexibility index (Phi) is 3.98. The lowest BCUT2D eigenvalue weighted by molar-refractivity contribution is -0.233. The van der Waals surface area contributed by atoms with Gasteiger partial charge in [0.25, 0.3) is 0 Å². The van der Waals surface area contributed by atoms with E-state index in [2.05, 4.69) is 10.3 Å². The maximum absolute atomic E-state index is 10.7. The molecule has 0 aromatic carbocycles. The molecular weight excluding hydrogens is 254 g/mol. The van der Waals surface area contributed by atoms with Gasteiger partial charge in [-0.1, -0.05) is 13.8 Å². The number of anilines is 1. The summed E-state index contributed by atoms with van der Waals surface area (Å²) in [4.78, 5) is 3.99. The van der Waals surface area contributed by atoms with Gasteiger partial charge in [-0.2, -0.15) is 5.26 Å². The van der Waals surface area contributed by atoms with Gasteiger partial charge in [-0.05, 0) is 19.1 Å². The number of aromatic nitrogens is 1. The molecule has 1 aliphatic carbocycles. The quantitative estimate of drug-likeness (QED) is 0.858. The Morgan fingerprint density at radius 1 is 1.55 bits per heavy atom. The van der Waals surface area contributed by atoms with Crippen molar-refractivity contribution >= 4 is 5.69 Å². The van der Waals surface area contributed by atoms with Gasteiger partial charge < -0.3 is 15.2 Å². The molecule has 5 nitrogen and oxygen atoms in total. The van der Waals surface area contributed by atoms with Crippen molar-refractivity contribution < 1.29 is 9.84 Å². The molecule has 1 heterocycles. The van der Waals surface area contributed by atoms with E-state index in [0.29, 0.717) is 25.3 Å². The Morgan fingerprint density at radius 2 is 2.30 bits per heavy atom. The summed E-state index contributed by atoms with van der Waals surface area (Å²) in [6.45, 7) is 7.12. The lowest BCUT2D eigenvalue weighted by Crippen LogP contribution is -2.67. The monoisotopic (exact) mass is 275 g/mol. The first-order valence-corrected chi connectivity index (χ1v) is 6.87. The van der Waals surface area contributed by atoms with E-state index in [9.17, 15) is 5.11 Å². The lowest BCUT2D eigenvalue weighted by atomic mass is 9.56. The van der Waals surface area contributed by atoms with Crippen molar-refractivity contribution in [2.45, 2.75) is 38.9 Å². The van der Waals surface area contributed by atoms with E-state index in [1.54, 1.807) is 18.3 Å². The predicted molar refractivity (Wildman–Crippen MR) is 76.2 cm³/mol. The van der Waals surface area contributed by atoms with Gasteiger partial charge >= 0.3 is 0 Å². The highest BCUT2D eigenvalue weighted by atomic mass is 16.5. The fourth-order valence-electron chi connectivity index (χ4n) is 2.57. The maximum Gasteiger partial charge on any atom is 0.140 e. The molecule has 0 bridgehead atoms. The first-order chi connectivity index (χ1) is 9.43. The van der Waals surface area contributed by atoms with Gasteiger partial charge in [0.05, 0.1) is 23.6 Å². The smallest absolute Gasteiger partial charge is 0.140 e. The van der Waals surface area contributed by atoms with Gasteiger partial charge in [0, 0.05) is 25.0 Å². The van der Waals surface area contributed by atoms with E-state index in [1.165, 1.54) is 0 Å². The van der Waals surface area contributed by atoms with Gasteiger partial charge in [-0.15, -0.1) is 0 Å². The summed E-state index contributed by atoms with van der Waals surface area (Å²) in [5, 5.41) is 22.6. The van der Waals surface area contributed by atoms with Crippen LogP contribution >= 0.6 is 0 Å². The number of pyridine rings is 1. The fraction of sp³-hybridized carbons (Fsp3) is 0.600. The molecule has 1 aromatic rings. The van der Waals surface area contributed by atoms with Gasteiger partial charge in [0.2, 0.25) is 0 Å². The van der Waals surface area contributed by atoms with Crippen molar-refractivity contribution in [3.63, 3.8) is 0 Å². The molecule has 0 aliphatic heterocycles. The van der Waals surface area contributed by atoms with Crippen LogP contribution in [0.25, 0.3) is 0 Å². The highest BCUT2D eigenvalue weighted by molar-refractivity contribution is 5.43. The molecule has 0 radical (unpaired) electrons. The molecule has 2 rings (SSSR count). The predicted octanol–water partition coefficient (Wildman–Crippen LogP) is 1.93. The molecule has 5 heteroatoms. The van der Waals surface area contributed by atoms with Gasteiger partial charge in [0.15, 0.2) is 0 Å². The number of nitrogens with zero attached hydrogens (tertiary/aromatic N) is 2. The lowest BCUT2D eigenvalue weighted by Gasteiger charge is -2.58. The molecular formula is C15H21N3O2. The van der Waals surface area contributed by atoms with E-state index in [-0.39, 0.29) is 11.5 Å². The van der Waals surface area contributed by atoms with Crippen LogP contribution in [0.4, 0.5) is 5.69 Å². The third-order valence-electron chi connectivity index (χ3n) is 4.36. The highest BCUT2D eigenvalue weighted by Gasteiger charge is 2.59. The van der Waals surface area contributed by atoms with Gasteiger partial charge in [-0.25, -0.2) is 4.98 Å². The minimum Gasteiger partial charge on any atom is -0.387 e. The van der Waals surface area contributed by atoms with Gasteiger partial charge in [-0.3, -0.25) is 0 Å². The largest absolute Gasteiger partial charge is 0.387 e. The Bertz CT molecular complexity index is 507. The van der Waals surface area contributed by atoms with Crippen molar-refractivity contribution in [1.29, 1.82) is 5.26 Å². The second kappa shape index (κ2) is 5.39. The molecule has 1 saturated carbocycles. The minimum atomic E-state index is -0.791. The minimum absolute atomic E-state index is 0.0957. The number of hydrogen-bond donors (Lipinski definition) is 2. The number of nitriles is 1. The van der Waals surface area contributed by atoms with Crippen LogP contribution in [0.1, 0.15) is 32.9 Å². The maximum atomic E-state index is 10.7. The molecule has 2 unspecified atom stereocenters. The Balaban J connectivity index is 1.95. The first kappa shape index (κ1) is 14.8. The van der Waals surface area contributed by atoms with E-state index in [0.717, 1.165) is 5.69 Å². The van der Waals surface area contributed by atoms with Crippen LogP contribution in [0.2, 0.25) is 0 Å². The van der Waals surface area contributed by atoms with Crippen molar-refractivity contribution in [2.24, 2.45) is 5.41 Å². The van der Waals surface area contributed by atoms with Crippen LogP contribution in [0.3, 0.4) is 0 Å². The van der Waals surface area contributed by atoms with E-state index < -0.39 is 5.60 Å². The molecule has 1 fully saturated rings. The third-order valence-corrected chi connectivity index (χ3v) is 4.36. The number of ether oxygens (including phenoxy) is 1. The van der Waals surface area contributed by atoms with Crippen molar-refractivity contribution in [3.05, 3.63) is 24.0 Å². The highest BCUT2D eigenvalue weighted by Crippen LogP contribution is 2.51. The SMILES string of the molecule is CCOC1CC(O)(CNc2ccc(C#N)nc2)C1(C)C.